The van der Waals surface area contributed by atoms with Crippen LogP contribution in [0.4, 0.5) is 4.39 Å². The van der Waals surface area contributed by atoms with Crippen LogP contribution < -0.4 is 0 Å². The van der Waals surface area contributed by atoms with Crippen molar-refractivity contribution < 1.29 is 14.3 Å². The summed E-state index contributed by atoms with van der Waals surface area (Å²) in [4.78, 5) is 13.2. The van der Waals surface area contributed by atoms with Gasteiger partial charge in [-0.2, -0.15) is 5.26 Å². The lowest BCUT2D eigenvalue weighted by molar-refractivity contribution is -0.145. The molecule has 0 amide bonds. The van der Waals surface area contributed by atoms with Gasteiger partial charge in [-0.25, -0.2) is 4.39 Å². The molecule has 1 fully saturated rings. The van der Waals surface area contributed by atoms with Crippen molar-refractivity contribution >= 4 is 5.97 Å². The molecule has 2 rings (SSSR count). The number of benzene rings is 1. The zero-order valence-electron chi connectivity index (χ0n) is 12.1. The summed E-state index contributed by atoms with van der Waals surface area (Å²) >= 11 is 0. The van der Waals surface area contributed by atoms with Gasteiger partial charge in [0.05, 0.1) is 5.56 Å². The van der Waals surface area contributed by atoms with Crippen LogP contribution in [0.15, 0.2) is 18.2 Å². The number of piperidine rings is 1. The van der Waals surface area contributed by atoms with Crippen molar-refractivity contribution in [3.05, 3.63) is 35.1 Å². The number of carbonyl (C=O) groups is 1. The minimum atomic E-state index is -0.856. The molecule has 0 aromatic heterocycles. The number of halogens is 1. The number of nitriles is 1. The Kier molecular flexibility index (Phi) is 4.92. The van der Waals surface area contributed by atoms with Gasteiger partial charge in [0.1, 0.15) is 17.9 Å². The standard InChI is InChI=1S/C16H19FN2O2/c1-2-11-6-7-19(14(8-11)16(20)21)10-13-5-3-4-12(9-18)15(13)17/h3-5,11,14H,2,6-8,10H2,1H3,(H,20,21). The summed E-state index contributed by atoms with van der Waals surface area (Å²) in [6.07, 6.45) is 2.50. The topological polar surface area (TPSA) is 64.3 Å². The van der Waals surface area contributed by atoms with Crippen LogP contribution in [0.25, 0.3) is 0 Å². The Morgan fingerprint density at radius 1 is 1.57 bits per heavy atom. The summed E-state index contributed by atoms with van der Waals surface area (Å²) in [6.45, 7) is 2.94. The number of rotatable bonds is 4. The first-order valence-electron chi connectivity index (χ1n) is 7.21. The van der Waals surface area contributed by atoms with Crippen LogP contribution in [0.3, 0.4) is 0 Å². The summed E-state index contributed by atoms with van der Waals surface area (Å²) in [5.41, 5.74) is 0.387. The van der Waals surface area contributed by atoms with E-state index in [2.05, 4.69) is 6.92 Å². The van der Waals surface area contributed by atoms with Gasteiger partial charge < -0.3 is 5.11 Å². The van der Waals surface area contributed by atoms with Crippen molar-refractivity contribution in [2.75, 3.05) is 6.54 Å². The van der Waals surface area contributed by atoms with E-state index in [1.165, 1.54) is 6.07 Å². The maximum atomic E-state index is 14.1. The summed E-state index contributed by atoms with van der Waals surface area (Å²) < 4.78 is 14.1. The average molecular weight is 290 g/mol. The largest absolute Gasteiger partial charge is 0.480 e. The summed E-state index contributed by atoms with van der Waals surface area (Å²) in [7, 11) is 0. The SMILES string of the molecule is CCC1CCN(Cc2cccc(C#N)c2F)C(C(=O)O)C1. The maximum absolute atomic E-state index is 14.1. The van der Waals surface area contributed by atoms with Gasteiger partial charge in [-0.15, -0.1) is 0 Å². The van der Waals surface area contributed by atoms with Crippen LogP contribution in [0.1, 0.15) is 37.3 Å². The Morgan fingerprint density at radius 3 is 2.95 bits per heavy atom. The fourth-order valence-corrected chi connectivity index (χ4v) is 2.91. The smallest absolute Gasteiger partial charge is 0.320 e. The first kappa shape index (κ1) is 15.5. The average Bonchev–Trinajstić information content (AvgIpc) is 2.49. The highest BCUT2D eigenvalue weighted by atomic mass is 19.1. The fourth-order valence-electron chi connectivity index (χ4n) is 2.91. The van der Waals surface area contributed by atoms with Crippen LogP contribution in [-0.2, 0) is 11.3 Å². The molecule has 21 heavy (non-hydrogen) atoms. The van der Waals surface area contributed by atoms with Crippen LogP contribution in [-0.4, -0.2) is 28.6 Å². The molecule has 2 atom stereocenters. The van der Waals surface area contributed by atoms with Gasteiger partial charge in [-0.3, -0.25) is 9.69 Å². The van der Waals surface area contributed by atoms with Gasteiger partial charge in [0.25, 0.3) is 0 Å². The Bertz CT molecular complexity index is 568. The Morgan fingerprint density at radius 2 is 2.33 bits per heavy atom. The van der Waals surface area contributed by atoms with E-state index in [1.54, 1.807) is 17.0 Å². The van der Waals surface area contributed by atoms with Gasteiger partial charge in [-0.1, -0.05) is 25.5 Å². The molecular weight excluding hydrogens is 271 g/mol. The third-order valence-corrected chi connectivity index (χ3v) is 4.26. The molecule has 1 saturated heterocycles. The fraction of sp³-hybridized carbons (Fsp3) is 0.500. The lowest BCUT2D eigenvalue weighted by Crippen LogP contribution is -2.46. The zero-order chi connectivity index (χ0) is 15.4. The molecule has 5 heteroatoms. The number of likely N-dealkylation sites (tertiary alicyclic amines) is 1. The van der Waals surface area contributed by atoms with Gasteiger partial charge in [0.15, 0.2) is 0 Å². The molecule has 1 heterocycles. The van der Waals surface area contributed by atoms with Crippen LogP contribution in [0.2, 0.25) is 0 Å². The highest BCUT2D eigenvalue weighted by Crippen LogP contribution is 2.27. The van der Waals surface area contributed by atoms with E-state index in [1.807, 2.05) is 6.07 Å². The molecule has 4 nitrogen and oxygen atoms in total. The Balaban J connectivity index is 2.18. The second kappa shape index (κ2) is 6.68. The molecule has 1 aromatic carbocycles. The first-order valence-corrected chi connectivity index (χ1v) is 7.21. The van der Waals surface area contributed by atoms with E-state index in [-0.39, 0.29) is 12.1 Å². The third-order valence-electron chi connectivity index (χ3n) is 4.26. The predicted octanol–water partition coefficient (Wildman–Crippen LogP) is 2.77. The second-order valence-electron chi connectivity index (χ2n) is 5.51. The molecule has 1 N–H and O–H groups in total. The quantitative estimate of drug-likeness (QED) is 0.926. The highest BCUT2D eigenvalue weighted by Gasteiger charge is 2.33. The lowest BCUT2D eigenvalue weighted by atomic mass is 9.88. The van der Waals surface area contributed by atoms with E-state index in [4.69, 9.17) is 5.26 Å². The van der Waals surface area contributed by atoms with Crippen molar-refractivity contribution in [1.29, 1.82) is 5.26 Å². The molecule has 1 aromatic rings. The molecule has 1 aliphatic heterocycles. The first-order chi connectivity index (χ1) is 10.1. The van der Waals surface area contributed by atoms with Gasteiger partial charge >= 0.3 is 5.97 Å². The van der Waals surface area contributed by atoms with Crippen LogP contribution >= 0.6 is 0 Å². The van der Waals surface area contributed by atoms with Crippen LogP contribution in [0, 0.1) is 23.1 Å². The summed E-state index contributed by atoms with van der Waals surface area (Å²) in [5.74, 6) is -0.982. The number of carboxylic acids is 1. The second-order valence-corrected chi connectivity index (χ2v) is 5.51. The third kappa shape index (κ3) is 3.40. The molecule has 0 radical (unpaired) electrons. The Hall–Kier alpha value is -1.93. The number of carboxylic acid groups (broad SMARTS) is 1. The highest BCUT2D eigenvalue weighted by molar-refractivity contribution is 5.73. The molecule has 2 unspecified atom stereocenters. The van der Waals surface area contributed by atoms with Crippen molar-refractivity contribution in [3.63, 3.8) is 0 Å². The maximum Gasteiger partial charge on any atom is 0.320 e. The molecule has 112 valence electrons. The number of aliphatic carboxylic acids is 1. The molecule has 0 bridgehead atoms. The van der Waals surface area contributed by atoms with Crippen molar-refractivity contribution in [2.24, 2.45) is 5.92 Å². The molecule has 1 aliphatic rings. The molecule has 0 saturated carbocycles. The van der Waals surface area contributed by atoms with Gasteiger partial charge in [-0.05, 0) is 31.4 Å². The van der Waals surface area contributed by atoms with Crippen molar-refractivity contribution in [3.8, 4) is 6.07 Å². The number of hydrogen-bond acceptors (Lipinski definition) is 3. The zero-order valence-corrected chi connectivity index (χ0v) is 12.1. The summed E-state index contributed by atoms with van der Waals surface area (Å²) in [5, 5.41) is 18.2. The van der Waals surface area contributed by atoms with Crippen LogP contribution in [0.5, 0.6) is 0 Å². The number of nitrogens with zero attached hydrogens (tertiary/aromatic N) is 2. The molecule has 0 aliphatic carbocycles. The van der Waals surface area contributed by atoms with E-state index in [9.17, 15) is 14.3 Å². The van der Waals surface area contributed by atoms with Gasteiger partial charge in [0, 0.05) is 12.1 Å². The Labute approximate surface area is 123 Å². The molecule has 0 spiro atoms. The molecular formula is C16H19FN2O2. The lowest BCUT2D eigenvalue weighted by Gasteiger charge is -2.37. The monoisotopic (exact) mass is 290 g/mol. The van der Waals surface area contributed by atoms with E-state index in [0.29, 0.717) is 24.4 Å². The number of hydrogen-bond donors (Lipinski definition) is 1. The van der Waals surface area contributed by atoms with Crippen molar-refractivity contribution in [1.82, 2.24) is 4.90 Å². The van der Waals surface area contributed by atoms with Crippen molar-refractivity contribution in [2.45, 2.75) is 38.8 Å². The van der Waals surface area contributed by atoms with E-state index in [0.717, 1.165) is 12.8 Å². The predicted molar refractivity (Wildman–Crippen MR) is 76.0 cm³/mol. The minimum Gasteiger partial charge on any atom is -0.480 e. The van der Waals surface area contributed by atoms with E-state index >= 15 is 0 Å². The van der Waals surface area contributed by atoms with Gasteiger partial charge in [0.2, 0.25) is 0 Å². The van der Waals surface area contributed by atoms with E-state index < -0.39 is 17.8 Å². The minimum absolute atomic E-state index is 0.00261. The normalized spacial score (nSPS) is 22.7. The summed E-state index contributed by atoms with van der Waals surface area (Å²) in [6, 6.07) is 5.91.